The molecule has 0 atom stereocenters. The fraction of sp³-hybridized carbons (Fsp3) is 0.154. The highest BCUT2D eigenvalue weighted by Crippen LogP contribution is 2.25. The number of nitrogen functional groups attached to an aromatic ring is 1. The number of aromatic nitrogens is 1. The average Bonchev–Trinajstić information content (AvgIpc) is 2.41. The number of hydrogen-bond donors (Lipinski definition) is 2. The van der Waals surface area contributed by atoms with Crippen molar-refractivity contribution in [1.29, 1.82) is 0 Å². The van der Waals surface area contributed by atoms with Crippen LogP contribution in [-0.4, -0.2) is 13.4 Å². The topological polar surface area (TPSA) is 85.1 Å². The van der Waals surface area contributed by atoms with Gasteiger partial charge in [-0.25, -0.2) is 13.4 Å². The molecule has 1 aromatic heterocycles. The maximum absolute atomic E-state index is 12.4. The summed E-state index contributed by atoms with van der Waals surface area (Å²) in [5, 5.41) is 0. The van der Waals surface area contributed by atoms with Crippen LogP contribution >= 0.6 is 15.9 Å². The van der Waals surface area contributed by atoms with Gasteiger partial charge < -0.3 is 5.73 Å². The molecule has 2 aromatic rings. The summed E-state index contributed by atoms with van der Waals surface area (Å²) in [6, 6.07) is 8.67. The molecule has 0 fully saturated rings. The van der Waals surface area contributed by atoms with Crippen LogP contribution < -0.4 is 10.5 Å². The second kappa shape index (κ2) is 5.80. The molecule has 2 rings (SSSR count). The monoisotopic (exact) mass is 355 g/mol. The van der Waals surface area contributed by atoms with E-state index in [2.05, 4.69) is 25.6 Å². The van der Waals surface area contributed by atoms with Gasteiger partial charge in [0.15, 0.2) is 0 Å². The first kappa shape index (κ1) is 14.8. The summed E-state index contributed by atoms with van der Waals surface area (Å²) in [6.45, 7) is 1.96. The smallest absolute Gasteiger partial charge is 0.265 e. The Balaban J connectivity index is 2.43. The molecule has 0 amide bonds. The Kier molecular flexibility index (Phi) is 4.29. The molecule has 1 heterocycles. The zero-order chi connectivity index (χ0) is 14.8. The molecule has 7 heteroatoms. The highest BCUT2D eigenvalue weighted by atomic mass is 79.9. The highest BCUT2D eigenvalue weighted by Gasteiger charge is 2.20. The first-order valence-electron chi connectivity index (χ1n) is 5.96. The zero-order valence-electron chi connectivity index (χ0n) is 10.8. The molecule has 0 spiro atoms. The lowest BCUT2D eigenvalue weighted by atomic mass is 10.1. The van der Waals surface area contributed by atoms with Crippen molar-refractivity contribution in [2.75, 3.05) is 10.5 Å². The van der Waals surface area contributed by atoms with Crippen LogP contribution in [0.5, 0.6) is 0 Å². The van der Waals surface area contributed by atoms with Crippen molar-refractivity contribution in [1.82, 2.24) is 4.98 Å². The third kappa shape index (κ3) is 3.10. The second-order valence-electron chi connectivity index (χ2n) is 4.15. The van der Waals surface area contributed by atoms with Crippen LogP contribution in [0.15, 0.2) is 45.9 Å². The first-order chi connectivity index (χ1) is 9.44. The van der Waals surface area contributed by atoms with Gasteiger partial charge in [-0.2, -0.15) is 0 Å². The van der Waals surface area contributed by atoms with E-state index in [1.54, 1.807) is 12.1 Å². The maximum atomic E-state index is 12.4. The number of benzene rings is 1. The van der Waals surface area contributed by atoms with E-state index in [4.69, 9.17) is 5.73 Å². The van der Waals surface area contributed by atoms with E-state index in [9.17, 15) is 8.42 Å². The summed E-state index contributed by atoms with van der Waals surface area (Å²) >= 11 is 3.19. The molecular weight excluding hydrogens is 342 g/mol. The van der Waals surface area contributed by atoms with Gasteiger partial charge in [0, 0.05) is 10.7 Å². The Morgan fingerprint density at radius 1 is 1.35 bits per heavy atom. The van der Waals surface area contributed by atoms with Crippen molar-refractivity contribution in [3.05, 3.63) is 46.6 Å². The van der Waals surface area contributed by atoms with Gasteiger partial charge in [0.1, 0.15) is 10.7 Å². The van der Waals surface area contributed by atoms with Gasteiger partial charge in [-0.05, 0) is 40.0 Å². The van der Waals surface area contributed by atoms with E-state index in [0.717, 1.165) is 12.0 Å². The summed E-state index contributed by atoms with van der Waals surface area (Å²) in [5.74, 6) is -0.0327. The Morgan fingerprint density at radius 3 is 2.75 bits per heavy atom. The second-order valence-corrected chi connectivity index (χ2v) is 6.72. The minimum atomic E-state index is -3.77. The summed E-state index contributed by atoms with van der Waals surface area (Å²) < 4.78 is 27.9. The molecule has 0 aliphatic heterocycles. The van der Waals surface area contributed by atoms with E-state index in [1.807, 2.05) is 19.1 Å². The molecule has 20 heavy (non-hydrogen) atoms. The minimum Gasteiger partial charge on any atom is -0.383 e. The van der Waals surface area contributed by atoms with Crippen LogP contribution in [0.25, 0.3) is 0 Å². The van der Waals surface area contributed by atoms with Gasteiger partial charge in [0.25, 0.3) is 10.0 Å². The molecule has 3 N–H and O–H groups in total. The van der Waals surface area contributed by atoms with E-state index >= 15 is 0 Å². The van der Waals surface area contributed by atoms with Gasteiger partial charge in [0.05, 0.1) is 5.69 Å². The van der Waals surface area contributed by atoms with Gasteiger partial charge in [-0.1, -0.05) is 25.1 Å². The largest absolute Gasteiger partial charge is 0.383 e. The van der Waals surface area contributed by atoms with Crippen LogP contribution in [0.2, 0.25) is 0 Å². The quantitative estimate of drug-likeness (QED) is 0.882. The number of rotatable bonds is 4. The normalized spacial score (nSPS) is 11.3. The number of pyridine rings is 1. The van der Waals surface area contributed by atoms with Crippen LogP contribution in [0, 0.1) is 0 Å². The number of anilines is 2. The van der Waals surface area contributed by atoms with Crippen LogP contribution in [-0.2, 0) is 16.4 Å². The third-order valence-electron chi connectivity index (χ3n) is 2.78. The molecule has 0 aliphatic carbocycles. The zero-order valence-corrected chi connectivity index (χ0v) is 13.2. The summed E-state index contributed by atoms with van der Waals surface area (Å²) in [5.41, 5.74) is 7.11. The predicted octanol–water partition coefficient (Wildman–Crippen LogP) is 2.79. The molecule has 1 aromatic carbocycles. The van der Waals surface area contributed by atoms with Gasteiger partial charge >= 0.3 is 0 Å². The number of nitrogens with zero attached hydrogens (tertiary/aromatic N) is 1. The van der Waals surface area contributed by atoms with Crippen LogP contribution in [0.4, 0.5) is 11.5 Å². The molecular formula is C13H14BrN3O2S. The van der Waals surface area contributed by atoms with E-state index in [-0.39, 0.29) is 10.7 Å². The molecule has 0 unspecified atom stereocenters. The Morgan fingerprint density at radius 2 is 2.05 bits per heavy atom. The fourth-order valence-electron chi connectivity index (χ4n) is 1.77. The number of nitrogens with one attached hydrogen (secondary N) is 1. The van der Waals surface area contributed by atoms with E-state index < -0.39 is 10.0 Å². The van der Waals surface area contributed by atoms with Gasteiger partial charge in [0.2, 0.25) is 0 Å². The van der Waals surface area contributed by atoms with Crippen LogP contribution in [0.1, 0.15) is 12.5 Å². The lowest BCUT2D eigenvalue weighted by Gasteiger charge is -2.12. The maximum Gasteiger partial charge on any atom is 0.265 e. The number of aryl methyl sites for hydroxylation is 1. The summed E-state index contributed by atoms with van der Waals surface area (Å²) in [6.07, 6.45) is 2.18. The standard InChI is InChI=1S/C13H14BrN3O2S/c1-2-9-5-3-4-6-11(9)17-20(18,19)12-7-10(14)8-16-13(12)15/h3-8,17H,2H2,1H3,(H2,15,16). The number of para-hydroxylation sites is 1. The first-order valence-corrected chi connectivity index (χ1v) is 8.23. The number of halogens is 1. The number of sulfonamides is 1. The van der Waals surface area contributed by atoms with E-state index in [0.29, 0.717) is 10.2 Å². The highest BCUT2D eigenvalue weighted by molar-refractivity contribution is 9.10. The average molecular weight is 356 g/mol. The van der Waals surface area contributed by atoms with Crippen molar-refractivity contribution in [2.24, 2.45) is 0 Å². The van der Waals surface area contributed by atoms with Crippen molar-refractivity contribution in [3.8, 4) is 0 Å². The minimum absolute atomic E-state index is 0.0327. The van der Waals surface area contributed by atoms with Crippen molar-refractivity contribution in [2.45, 2.75) is 18.2 Å². The third-order valence-corrected chi connectivity index (χ3v) is 4.61. The Hall–Kier alpha value is -1.60. The SMILES string of the molecule is CCc1ccccc1NS(=O)(=O)c1cc(Br)cnc1N. The van der Waals surface area contributed by atoms with Gasteiger partial charge in [-0.15, -0.1) is 0 Å². The van der Waals surface area contributed by atoms with Crippen molar-refractivity contribution >= 4 is 37.5 Å². The van der Waals surface area contributed by atoms with Crippen molar-refractivity contribution in [3.63, 3.8) is 0 Å². The number of nitrogens with two attached hydrogens (primary N) is 1. The molecule has 5 nitrogen and oxygen atoms in total. The Bertz CT molecular complexity index is 732. The lowest BCUT2D eigenvalue weighted by Crippen LogP contribution is -2.16. The molecule has 106 valence electrons. The summed E-state index contributed by atoms with van der Waals surface area (Å²) in [7, 11) is -3.77. The molecule has 0 radical (unpaired) electrons. The van der Waals surface area contributed by atoms with Gasteiger partial charge in [-0.3, -0.25) is 4.72 Å². The Labute approximate surface area is 126 Å². The van der Waals surface area contributed by atoms with Crippen molar-refractivity contribution < 1.29 is 8.42 Å². The number of hydrogen-bond acceptors (Lipinski definition) is 4. The fourth-order valence-corrected chi connectivity index (χ4v) is 3.47. The predicted molar refractivity (Wildman–Crippen MR) is 83.0 cm³/mol. The summed E-state index contributed by atoms with van der Waals surface area (Å²) in [4.78, 5) is 3.80. The molecule has 0 saturated carbocycles. The molecule has 0 saturated heterocycles. The lowest BCUT2D eigenvalue weighted by molar-refractivity contribution is 0.601. The molecule has 0 bridgehead atoms. The van der Waals surface area contributed by atoms with E-state index in [1.165, 1.54) is 12.3 Å². The molecule has 0 aliphatic rings. The van der Waals surface area contributed by atoms with Crippen LogP contribution in [0.3, 0.4) is 0 Å².